The zero-order chi connectivity index (χ0) is 15.5. The molecule has 0 heterocycles. The standard InChI is InChI=1S/C14H20N2O4S/c1-20-13-7-3-11(4-8-13)14(17)15-9-10-16(12-5-6-12)21(2,18)19/h3-4,7-8,12H,5-6,9-10H2,1-2H3,(H,15,17). The summed E-state index contributed by atoms with van der Waals surface area (Å²) in [5.41, 5.74) is 0.521. The monoisotopic (exact) mass is 312 g/mol. The quantitative estimate of drug-likeness (QED) is 0.810. The Labute approximate surface area is 125 Å². The summed E-state index contributed by atoms with van der Waals surface area (Å²) in [6.07, 6.45) is 3.01. The molecular weight excluding hydrogens is 292 g/mol. The predicted octanol–water partition coefficient (Wildman–Crippen LogP) is 0.849. The van der Waals surface area contributed by atoms with E-state index in [0.29, 0.717) is 24.4 Å². The molecule has 2 rings (SSSR count). The molecule has 7 heteroatoms. The fraction of sp³-hybridized carbons (Fsp3) is 0.500. The maximum Gasteiger partial charge on any atom is 0.251 e. The van der Waals surface area contributed by atoms with Gasteiger partial charge in [-0.15, -0.1) is 0 Å². The number of carbonyl (C=O) groups excluding carboxylic acids is 1. The van der Waals surface area contributed by atoms with Gasteiger partial charge in [-0.2, -0.15) is 4.31 Å². The van der Waals surface area contributed by atoms with Crippen molar-refractivity contribution in [3.05, 3.63) is 29.8 Å². The average Bonchev–Trinajstić information content (AvgIpc) is 3.26. The van der Waals surface area contributed by atoms with Gasteiger partial charge in [-0.25, -0.2) is 8.42 Å². The number of sulfonamides is 1. The molecule has 0 spiro atoms. The van der Waals surface area contributed by atoms with E-state index in [1.165, 1.54) is 10.6 Å². The maximum atomic E-state index is 11.9. The van der Waals surface area contributed by atoms with Crippen LogP contribution in [0.2, 0.25) is 0 Å². The highest BCUT2D eigenvalue weighted by Crippen LogP contribution is 2.28. The summed E-state index contributed by atoms with van der Waals surface area (Å²) in [6.45, 7) is 0.611. The minimum atomic E-state index is -3.21. The Morgan fingerprint density at radius 2 is 1.95 bits per heavy atom. The summed E-state index contributed by atoms with van der Waals surface area (Å²) in [6, 6.07) is 6.87. The fourth-order valence-electron chi connectivity index (χ4n) is 2.11. The molecule has 21 heavy (non-hydrogen) atoms. The lowest BCUT2D eigenvalue weighted by Crippen LogP contribution is -2.39. The highest BCUT2D eigenvalue weighted by Gasteiger charge is 2.34. The van der Waals surface area contributed by atoms with Gasteiger partial charge in [0, 0.05) is 24.7 Å². The van der Waals surface area contributed by atoms with Gasteiger partial charge in [-0.1, -0.05) is 0 Å². The van der Waals surface area contributed by atoms with Crippen LogP contribution in [0.1, 0.15) is 23.2 Å². The molecule has 1 aromatic rings. The van der Waals surface area contributed by atoms with E-state index >= 15 is 0 Å². The van der Waals surface area contributed by atoms with Gasteiger partial charge in [-0.3, -0.25) is 4.79 Å². The lowest BCUT2D eigenvalue weighted by atomic mass is 10.2. The van der Waals surface area contributed by atoms with Gasteiger partial charge in [0.05, 0.1) is 13.4 Å². The van der Waals surface area contributed by atoms with Crippen LogP contribution >= 0.6 is 0 Å². The second-order valence-electron chi connectivity index (χ2n) is 5.09. The number of carbonyl (C=O) groups is 1. The van der Waals surface area contributed by atoms with Gasteiger partial charge in [-0.05, 0) is 37.1 Å². The van der Waals surface area contributed by atoms with Crippen LogP contribution in [0.15, 0.2) is 24.3 Å². The summed E-state index contributed by atoms with van der Waals surface area (Å²) in [7, 11) is -1.65. The zero-order valence-electron chi connectivity index (χ0n) is 12.2. The normalized spacial score (nSPS) is 15.0. The predicted molar refractivity (Wildman–Crippen MR) is 79.9 cm³/mol. The molecule has 1 fully saturated rings. The Bertz CT molecular complexity index is 594. The molecule has 6 nitrogen and oxygen atoms in total. The van der Waals surface area contributed by atoms with Crippen molar-refractivity contribution >= 4 is 15.9 Å². The van der Waals surface area contributed by atoms with Crippen LogP contribution in [0.3, 0.4) is 0 Å². The summed E-state index contributed by atoms with van der Waals surface area (Å²) < 4.78 is 29.7. The highest BCUT2D eigenvalue weighted by atomic mass is 32.2. The number of amides is 1. The fourth-order valence-corrected chi connectivity index (χ4v) is 3.28. The number of ether oxygens (including phenoxy) is 1. The summed E-state index contributed by atoms with van der Waals surface area (Å²) in [5, 5.41) is 2.74. The average molecular weight is 312 g/mol. The van der Waals surface area contributed by atoms with Gasteiger partial charge in [0.15, 0.2) is 0 Å². The molecule has 0 unspecified atom stereocenters. The molecule has 1 aromatic carbocycles. The van der Waals surface area contributed by atoms with Crippen LogP contribution in [0.4, 0.5) is 0 Å². The van der Waals surface area contributed by atoms with Gasteiger partial charge in [0.2, 0.25) is 10.0 Å². The Balaban J connectivity index is 1.85. The first-order chi connectivity index (χ1) is 9.91. The van der Waals surface area contributed by atoms with E-state index in [2.05, 4.69) is 5.32 Å². The van der Waals surface area contributed by atoms with Crippen LogP contribution in [-0.4, -0.2) is 51.1 Å². The molecule has 0 bridgehead atoms. The Hall–Kier alpha value is -1.60. The summed E-state index contributed by atoms with van der Waals surface area (Å²) >= 11 is 0. The van der Waals surface area contributed by atoms with Crippen molar-refractivity contribution < 1.29 is 17.9 Å². The molecule has 1 aliphatic rings. The second-order valence-corrected chi connectivity index (χ2v) is 7.02. The minimum Gasteiger partial charge on any atom is -0.497 e. The lowest BCUT2D eigenvalue weighted by molar-refractivity contribution is 0.0951. The third-order valence-electron chi connectivity index (χ3n) is 3.35. The highest BCUT2D eigenvalue weighted by molar-refractivity contribution is 7.88. The molecular formula is C14H20N2O4S. The van der Waals surface area contributed by atoms with E-state index in [0.717, 1.165) is 12.8 Å². The molecule has 1 aliphatic carbocycles. The number of methoxy groups -OCH3 is 1. The van der Waals surface area contributed by atoms with Crippen LogP contribution in [-0.2, 0) is 10.0 Å². The smallest absolute Gasteiger partial charge is 0.251 e. The number of hydrogen-bond acceptors (Lipinski definition) is 4. The van der Waals surface area contributed by atoms with Crippen LogP contribution in [0, 0.1) is 0 Å². The molecule has 0 saturated heterocycles. The van der Waals surface area contributed by atoms with E-state index in [1.807, 2.05) is 0 Å². The lowest BCUT2D eigenvalue weighted by Gasteiger charge is -2.19. The molecule has 1 saturated carbocycles. The largest absolute Gasteiger partial charge is 0.497 e. The van der Waals surface area contributed by atoms with Crippen molar-refractivity contribution in [2.75, 3.05) is 26.5 Å². The van der Waals surface area contributed by atoms with Crippen LogP contribution in [0.25, 0.3) is 0 Å². The topological polar surface area (TPSA) is 75.7 Å². The molecule has 0 radical (unpaired) electrons. The molecule has 116 valence electrons. The van der Waals surface area contributed by atoms with Gasteiger partial charge >= 0.3 is 0 Å². The molecule has 1 amide bonds. The van der Waals surface area contributed by atoms with E-state index in [-0.39, 0.29) is 11.9 Å². The SMILES string of the molecule is COc1ccc(C(=O)NCCN(C2CC2)S(C)(=O)=O)cc1. The van der Waals surface area contributed by atoms with Crippen molar-refractivity contribution in [2.24, 2.45) is 0 Å². The Morgan fingerprint density at radius 3 is 2.43 bits per heavy atom. The van der Waals surface area contributed by atoms with Crippen molar-refractivity contribution in [1.82, 2.24) is 9.62 Å². The third-order valence-corrected chi connectivity index (χ3v) is 4.68. The van der Waals surface area contributed by atoms with E-state index in [9.17, 15) is 13.2 Å². The molecule has 0 aliphatic heterocycles. The van der Waals surface area contributed by atoms with Gasteiger partial charge in [0.25, 0.3) is 5.91 Å². The Kier molecular flexibility index (Phi) is 4.84. The molecule has 1 N–H and O–H groups in total. The van der Waals surface area contributed by atoms with Crippen molar-refractivity contribution in [3.63, 3.8) is 0 Å². The maximum absolute atomic E-state index is 11.9. The van der Waals surface area contributed by atoms with E-state index in [1.54, 1.807) is 31.4 Å². The van der Waals surface area contributed by atoms with Gasteiger partial charge in [0.1, 0.15) is 5.75 Å². The van der Waals surface area contributed by atoms with Crippen molar-refractivity contribution in [3.8, 4) is 5.75 Å². The molecule has 0 aromatic heterocycles. The third kappa shape index (κ3) is 4.44. The number of nitrogens with one attached hydrogen (secondary N) is 1. The number of hydrogen-bond donors (Lipinski definition) is 1. The first kappa shape index (κ1) is 15.8. The van der Waals surface area contributed by atoms with Crippen molar-refractivity contribution in [1.29, 1.82) is 0 Å². The number of nitrogens with zero attached hydrogens (tertiary/aromatic N) is 1. The zero-order valence-corrected chi connectivity index (χ0v) is 13.0. The van der Waals surface area contributed by atoms with Gasteiger partial charge < -0.3 is 10.1 Å². The van der Waals surface area contributed by atoms with E-state index in [4.69, 9.17) is 4.74 Å². The summed E-state index contributed by atoms with van der Waals surface area (Å²) in [4.78, 5) is 11.9. The van der Waals surface area contributed by atoms with Crippen molar-refractivity contribution in [2.45, 2.75) is 18.9 Å². The van der Waals surface area contributed by atoms with Crippen LogP contribution in [0.5, 0.6) is 5.75 Å². The number of benzene rings is 1. The first-order valence-electron chi connectivity index (χ1n) is 6.81. The summed E-state index contributed by atoms with van der Waals surface area (Å²) in [5.74, 6) is 0.463. The second kappa shape index (κ2) is 6.44. The van der Waals surface area contributed by atoms with E-state index < -0.39 is 10.0 Å². The molecule has 0 atom stereocenters. The first-order valence-corrected chi connectivity index (χ1v) is 8.65. The Morgan fingerprint density at radius 1 is 1.33 bits per heavy atom. The minimum absolute atomic E-state index is 0.109. The number of rotatable bonds is 7. The van der Waals surface area contributed by atoms with Crippen LogP contribution < -0.4 is 10.1 Å².